The van der Waals surface area contributed by atoms with Crippen molar-refractivity contribution in [2.75, 3.05) is 7.11 Å². The lowest BCUT2D eigenvalue weighted by molar-refractivity contribution is 0.414. The standard InChI is InChI=1S/C16H16N4O2S/c1-11-3-6-14(22-11)10-17-20-15(18-19-16(20)23)9-12-4-7-13(21-2)8-5-12/h3-8,10H,9H2,1-2H3,(H,19,23)/b17-10-. The van der Waals surface area contributed by atoms with Gasteiger partial charge in [0.15, 0.2) is 5.82 Å². The molecule has 118 valence electrons. The van der Waals surface area contributed by atoms with E-state index < -0.39 is 0 Å². The third kappa shape index (κ3) is 3.57. The first-order valence-corrected chi connectivity index (χ1v) is 7.46. The second kappa shape index (κ2) is 6.62. The zero-order valence-electron chi connectivity index (χ0n) is 12.8. The zero-order chi connectivity index (χ0) is 16.2. The number of nitrogens with one attached hydrogen (secondary N) is 1. The number of aromatic nitrogens is 3. The predicted octanol–water partition coefficient (Wildman–Crippen LogP) is 3.32. The number of methoxy groups -OCH3 is 1. The Morgan fingerprint density at radius 2 is 2.09 bits per heavy atom. The molecule has 0 bridgehead atoms. The summed E-state index contributed by atoms with van der Waals surface area (Å²) in [6.07, 6.45) is 2.22. The van der Waals surface area contributed by atoms with Gasteiger partial charge in [0.05, 0.1) is 13.3 Å². The van der Waals surface area contributed by atoms with Gasteiger partial charge < -0.3 is 9.15 Å². The molecule has 0 unspecified atom stereocenters. The van der Waals surface area contributed by atoms with Crippen LogP contribution in [-0.2, 0) is 6.42 Å². The Bertz CT molecular complexity index is 874. The molecule has 6 nitrogen and oxygen atoms in total. The summed E-state index contributed by atoms with van der Waals surface area (Å²) < 4.78 is 12.7. The molecule has 0 spiro atoms. The number of hydrogen-bond donors (Lipinski definition) is 1. The number of aryl methyl sites for hydroxylation is 1. The molecule has 0 radical (unpaired) electrons. The minimum Gasteiger partial charge on any atom is -0.497 e. The number of H-pyrrole nitrogens is 1. The number of ether oxygens (including phenoxy) is 1. The Labute approximate surface area is 138 Å². The van der Waals surface area contributed by atoms with Crippen LogP contribution >= 0.6 is 12.2 Å². The highest BCUT2D eigenvalue weighted by Gasteiger charge is 2.07. The molecule has 0 saturated carbocycles. The van der Waals surface area contributed by atoms with E-state index in [1.807, 2.05) is 43.3 Å². The van der Waals surface area contributed by atoms with Crippen molar-refractivity contribution in [3.8, 4) is 5.75 Å². The fourth-order valence-electron chi connectivity index (χ4n) is 2.12. The summed E-state index contributed by atoms with van der Waals surface area (Å²) >= 11 is 5.23. The normalized spacial score (nSPS) is 11.2. The average Bonchev–Trinajstić information content (AvgIpc) is 3.12. The molecule has 3 rings (SSSR count). The van der Waals surface area contributed by atoms with E-state index in [0.717, 1.165) is 22.9 Å². The fourth-order valence-corrected chi connectivity index (χ4v) is 2.32. The van der Waals surface area contributed by atoms with Gasteiger partial charge in [0, 0.05) is 6.42 Å². The van der Waals surface area contributed by atoms with Crippen LogP contribution < -0.4 is 4.74 Å². The first kappa shape index (κ1) is 15.2. The van der Waals surface area contributed by atoms with Gasteiger partial charge in [-0.25, -0.2) is 0 Å². The average molecular weight is 328 g/mol. The summed E-state index contributed by atoms with van der Waals surface area (Å²) in [6, 6.07) is 11.5. The molecule has 0 amide bonds. The van der Waals surface area contributed by atoms with Gasteiger partial charge in [-0.3, -0.25) is 5.10 Å². The van der Waals surface area contributed by atoms with Gasteiger partial charge in [-0.1, -0.05) is 12.1 Å². The first-order chi connectivity index (χ1) is 11.2. The summed E-state index contributed by atoms with van der Waals surface area (Å²) in [5.74, 6) is 3.04. The van der Waals surface area contributed by atoms with E-state index in [2.05, 4.69) is 15.3 Å². The van der Waals surface area contributed by atoms with Gasteiger partial charge in [0.25, 0.3) is 0 Å². The van der Waals surface area contributed by atoms with Crippen molar-refractivity contribution in [2.45, 2.75) is 13.3 Å². The van der Waals surface area contributed by atoms with Crippen LogP contribution in [-0.4, -0.2) is 28.2 Å². The van der Waals surface area contributed by atoms with Gasteiger partial charge in [-0.2, -0.15) is 14.9 Å². The number of aromatic amines is 1. The van der Waals surface area contributed by atoms with Gasteiger partial charge in [0.1, 0.15) is 17.3 Å². The topological polar surface area (TPSA) is 68.3 Å². The molecule has 7 heteroatoms. The van der Waals surface area contributed by atoms with E-state index in [0.29, 0.717) is 17.0 Å². The molecule has 0 aliphatic rings. The summed E-state index contributed by atoms with van der Waals surface area (Å²) in [6.45, 7) is 1.88. The zero-order valence-corrected chi connectivity index (χ0v) is 13.6. The van der Waals surface area contributed by atoms with Crippen LogP contribution in [0.4, 0.5) is 0 Å². The van der Waals surface area contributed by atoms with Crippen molar-refractivity contribution in [3.05, 3.63) is 64.1 Å². The molecule has 0 saturated heterocycles. The van der Waals surface area contributed by atoms with Crippen molar-refractivity contribution in [1.29, 1.82) is 0 Å². The molecule has 3 aromatic rings. The molecule has 0 aliphatic carbocycles. The van der Waals surface area contributed by atoms with Gasteiger partial charge >= 0.3 is 0 Å². The number of rotatable bonds is 5. The highest BCUT2D eigenvalue weighted by molar-refractivity contribution is 7.71. The van der Waals surface area contributed by atoms with Crippen LogP contribution in [0.2, 0.25) is 0 Å². The molecule has 2 heterocycles. The highest BCUT2D eigenvalue weighted by atomic mass is 32.1. The molecular weight excluding hydrogens is 312 g/mol. The van der Waals surface area contributed by atoms with Crippen LogP contribution in [0.5, 0.6) is 5.75 Å². The van der Waals surface area contributed by atoms with Crippen molar-refractivity contribution < 1.29 is 9.15 Å². The second-order valence-electron chi connectivity index (χ2n) is 4.97. The van der Waals surface area contributed by atoms with Crippen LogP contribution in [0.3, 0.4) is 0 Å². The van der Waals surface area contributed by atoms with Crippen LogP contribution in [0.25, 0.3) is 0 Å². The van der Waals surface area contributed by atoms with Crippen molar-refractivity contribution in [1.82, 2.24) is 14.9 Å². The molecule has 0 atom stereocenters. The van der Waals surface area contributed by atoms with Crippen molar-refractivity contribution >= 4 is 18.4 Å². The number of nitrogens with zero attached hydrogens (tertiary/aromatic N) is 3. The Morgan fingerprint density at radius 1 is 1.30 bits per heavy atom. The molecule has 1 aromatic carbocycles. The van der Waals surface area contributed by atoms with E-state index in [1.165, 1.54) is 0 Å². The molecular formula is C16H16N4O2S. The maximum atomic E-state index is 5.46. The van der Waals surface area contributed by atoms with E-state index in [1.54, 1.807) is 18.0 Å². The smallest absolute Gasteiger partial charge is 0.216 e. The van der Waals surface area contributed by atoms with Crippen molar-refractivity contribution in [2.24, 2.45) is 5.10 Å². The lowest BCUT2D eigenvalue weighted by atomic mass is 10.1. The Balaban J connectivity index is 1.83. The third-order valence-corrected chi connectivity index (χ3v) is 3.56. The van der Waals surface area contributed by atoms with Crippen LogP contribution in [0.1, 0.15) is 22.9 Å². The molecule has 0 fully saturated rings. The minimum absolute atomic E-state index is 0.438. The van der Waals surface area contributed by atoms with E-state index in [9.17, 15) is 0 Å². The molecule has 0 aliphatic heterocycles. The van der Waals surface area contributed by atoms with E-state index >= 15 is 0 Å². The Hall–Kier alpha value is -2.67. The summed E-state index contributed by atoms with van der Waals surface area (Å²) in [4.78, 5) is 0. The van der Waals surface area contributed by atoms with Gasteiger partial charge in [-0.05, 0) is 49.0 Å². The minimum atomic E-state index is 0.438. The number of benzene rings is 1. The van der Waals surface area contributed by atoms with Crippen molar-refractivity contribution in [3.63, 3.8) is 0 Å². The monoisotopic (exact) mass is 328 g/mol. The molecule has 1 N–H and O–H groups in total. The Morgan fingerprint density at radius 3 is 2.74 bits per heavy atom. The maximum Gasteiger partial charge on any atom is 0.216 e. The quantitative estimate of drug-likeness (QED) is 0.576. The second-order valence-corrected chi connectivity index (χ2v) is 5.36. The molecule has 23 heavy (non-hydrogen) atoms. The fraction of sp³-hybridized carbons (Fsp3) is 0.188. The summed E-state index contributed by atoms with van der Waals surface area (Å²) in [7, 11) is 1.64. The largest absolute Gasteiger partial charge is 0.497 e. The SMILES string of the molecule is COc1ccc(Cc2n[nH]c(=S)n2/N=C\c2ccc(C)o2)cc1. The maximum absolute atomic E-state index is 5.46. The van der Waals surface area contributed by atoms with Crippen LogP contribution in [0.15, 0.2) is 45.9 Å². The predicted molar refractivity (Wildman–Crippen MR) is 89.6 cm³/mol. The van der Waals surface area contributed by atoms with Gasteiger partial charge in [0.2, 0.25) is 4.77 Å². The summed E-state index contributed by atoms with van der Waals surface area (Å²) in [5, 5.41) is 11.4. The van der Waals surface area contributed by atoms with Gasteiger partial charge in [-0.15, -0.1) is 0 Å². The molecule has 2 aromatic heterocycles. The van der Waals surface area contributed by atoms with E-state index in [4.69, 9.17) is 21.4 Å². The lowest BCUT2D eigenvalue weighted by Gasteiger charge is -2.03. The highest BCUT2D eigenvalue weighted by Crippen LogP contribution is 2.14. The van der Waals surface area contributed by atoms with E-state index in [-0.39, 0.29) is 0 Å². The summed E-state index contributed by atoms with van der Waals surface area (Å²) in [5.41, 5.74) is 1.09. The number of hydrogen-bond acceptors (Lipinski definition) is 5. The number of furan rings is 1. The lowest BCUT2D eigenvalue weighted by Crippen LogP contribution is -2.00. The van der Waals surface area contributed by atoms with Crippen LogP contribution in [0, 0.1) is 11.7 Å². The Kier molecular flexibility index (Phi) is 4.38. The third-order valence-electron chi connectivity index (χ3n) is 3.30. The first-order valence-electron chi connectivity index (χ1n) is 7.06.